The first-order chi connectivity index (χ1) is 3.92. The van der Waals surface area contributed by atoms with Crippen LogP contribution in [0.15, 0.2) is 12.2 Å². The first-order valence-electron chi connectivity index (χ1n) is 2.40. The largest absolute Gasteiger partial charge is 0.266 e. The van der Waals surface area contributed by atoms with E-state index in [1.54, 1.807) is 6.92 Å². The molecule has 0 amide bonds. The Morgan fingerprint density at radius 2 is 2.11 bits per heavy atom. The van der Waals surface area contributed by atoms with E-state index in [-0.39, 0.29) is 6.61 Å². The molecule has 0 aliphatic rings. The lowest BCUT2D eigenvalue weighted by atomic mass is 10.4. The van der Waals surface area contributed by atoms with Gasteiger partial charge in [0, 0.05) is 0 Å². The number of hydrogen-bond donors (Lipinski definition) is 0. The van der Waals surface area contributed by atoms with Crippen LogP contribution >= 0.6 is 0 Å². The molecule has 0 aliphatic carbocycles. The van der Waals surface area contributed by atoms with Gasteiger partial charge in [-0.15, -0.1) is 0 Å². The fraction of sp³-hybridized carbons (Fsp3) is 0.600. The van der Waals surface area contributed by atoms with Crippen molar-refractivity contribution >= 4 is 10.1 Å². The second-order valence-electron chi connectivity index (χ2n) is 1.92. The van der Waals surface area contributed by atoms with Gasteiger partial charge < -0.3 is 0 Å². The highest BCUT2D eigenvalue weighted by Gasteiger charge is 1.99. The Morgan fingerprint density at radius 3 is 2.22 bits per heavy atom. The van der Waals surface area contributed by atoms with Crippen molar-refractivity contribution in [3.8, 4) is 0 Å². The van der Waals surface area contributed by atoms with Gasteiger partial charge in [0.05, 0.1) is 12.9 Å². The van der Waals surface area contributed by atoms with Crippen LogP contribution in [0.25, 0.3) is 0 Å². The molecular weight excluding hydrogens is 140 g/mol. The zero-order valence-corrected chi connectivity index (χ0v) is 6.36. The number of hydrogen-bond acceptors (Lipinski definition) is 3. The third kappa shape index (κ3) is 7.65. The fourth-order valence-corrected chi connectivity index (χ4v) is 0.623. The molecule has 0 saturated carbocycles. The van der Waals surface area contributed by atoms with Crippen molar-refractivity contribution in [2.75, 3.05) is 12.9 Å². The minimum absolute atomic E-state index is 0.0822. The van der Waals surface area contributed by atoms with E-state index in [1.165, 1.54) is 0 Å². The molecule has 0 unspecified atom stereocenters. The van der Waals surface area contributed by atoms with Crippen LogP contribution in [0.4, 0.5) is 0 Å². The molecule has 0 fully saturated rings. The summed E-state index contributed by atoms with van der Waals surface area (Å²) in [5, 5.41) is 0. The van der Waals surface area contributed by atoms with Crippen molar-refractivity contribution in [3.63, 3.8) is 0 Å². The van der Waals surface area contributed by atoms with Crippen LogP contribution < -0.4 is 0 Å². The van der Waals surface area contributed by atoms with Crippen LogP contribution in [0.2, 0.25) is 0 Å². The first kappa shape index (κ1) is 8.65. The average molecular weight is 150 g/mol. The molecule has 54 valence electrons. The third-order valence-corrected chi connectivity index (χ3v) is 1.07. The Bertz CT molecular complexity index is 190. The average Bonchev–Trinajstić information content (AvgIpc) is 1.59. The van der Waals surface area contributed by atoms with Crippen molar-refractivity contribution in [2.24, 2.45) is 0 Å². The van der Waals surface area contributed by atoms with Gasteiger partial charge in [-0.2, -0.15) is 8.42 Å². The van der Waals surface area contributed by atoms with Gasteiger partial charge in [-0.25, -0.2) is 0 Å². The van der Waals surface area contributed by atoms with E-state index in [2.05, 4.69) is 10.8 Å². The highest BCUT2D eigenvalue weighted by molar-refractivity contribution is 7.85. The van der Waals surface area contributed by atoms with Gasteiger partial charge in [0.15, 0.2) is 0 Å². The smallest absolute Gasteiger partial charge is 0.264 e. The van der Waals surface area contributed by atoms with E-state index < -0.39 is 10.1 Å². The van der Waals surface area contributed by atoms with Crippen molar-refractivity contribution in [3.05, 3.63) is 12.2 Å². The predicted molar refractivity (Wildman–Crippen MR) is 35.6 cm³/mol. The second-order valence-corrected chi connectivity index (χ2v) is 3.57. The van der Waals surface area contributed by atoms with Crippen molar-refractivity contribution in [2.45, 2.75) is 6.92 Å². The van der Waals surface area contributed by atoms with Gasteiger partial charge in [-0.05, 0) is 6.92 Å². The summed E-state index contributed by atoms with van der Waals surface area (Å²) in [7, 11) is -3.28. The van der Waals surface area contributed by atoms with Gasteiger partial charge in [0.2, 0.25) is 0 Å². The zero-order chi connectivity index (χ0) is 7.49. The zero-order valence-electron chi connectivity index (χ0n) is 5.55. The lowest BCUT2D eigenvalue weighted by molar-refractivity contribution is 0.353. The molecule has 3 nitrogen and oxygen atoms in total. The molecule has 0 bridgehead atoms. The van der Waals surface area contributed by atoms with Gasteiger partial charge in [0.25, 0.3) is 10.1 Å². The summed E-state index contributed by atoms with van der Waals surface area (Å²) in [6, 6.07) is 0. The Kier molecular flexibility index (Phi) is 2.87. The van der Waals surface area contributed by atoms with Crippen molar-refractivity contribution < 1.29 is 12.6 Å². The van der Waals surface area contributed by atoms with E-state index >= 15 is 0 Å². The predicted octanol–water partition coefficient (Wildman–Crippen LogP) is 0.539. The van der Waals surface area contributed by atoms with Crippen molar-refractivity contribution in [1.82, 2.24) is 0 Å². The molecule has 9 heavy (non-hydrogen) atoms. The second kappa shape index (κ2) is 2.98. The van der Waals surface area contributed by atoms with Gasteiger partial charge in [-0.3, -0.25) is 4.18 Å². The summed E-state index contributed by atoms with van der Waals surface area (Å²) in [5.41, 5.74) is 0.695. The van der Waals surface area contributed by atoms with Gasteiger partial charge in [0.1, 0.15) is 0 Å². The summed E-state index contributed by atoms with van der Waals surface area (Å²) in [4.78, 5) is 0. The van der Waals surface area contributed by atoms with Crippen LogP contribution in [0.3, 0.4) is 0 Å². The minimum atomic E-state index is -3.28. The Labute approximate surface area is 55.5 Å². The van der Waals surface area contributed by atoms with Crippen LogP contribution in [-0.4, -0.2) is 21.3 Å². The summed E-state index contributed by atoms with van der Waals surface area (Å²) in [5.74, 6) is 0. The molecule has 0 N–H and O–H groups in total. The monoisotopic (exact) mass is 150 g/mol. The molecule has 0 atom stereocenters. The van der Waals surface area contributed by atoms with Crippen LogP contribution in [-0.2, 0) is 14.3 Å². The highest BCUT2D eigenvalue weighted by atomic mass is 32.2. The molecule has 0 spiro atoms. The van der Waals surface area contributed by atoms with Crippen LogP contribution in [0.1, 0.15) is 6.92 Å². The lowest BCUT2D eigenvalue weighted by Crippen LogP contribution is -2.03. The maximum Gasteiger partial charge on any atom is 0.264 e. The van der Waals surface area contributed by atoms with E-state index in [9.17, 15) is 8.42 Å². The SMILES string of the molecule is C=C(C)COS(C)(=O)=O. The molecule has 0 heterocycles. The minimum Gasteiger partial charge on any atom is -0.266 e. The van der Waals surface area contributed by atoms with Crippen LogP contribution in [0, 0.1) is 0 Å². The highest BCUT2D eigenvalue weighted by Crippen LogP contribution is 1.92. The Hall–Kier alpha value is -0.350. The van der Waals surface area contributed by atoms with E-state index in [1.807, 2.05) is 0 Å². The van der Waals surface area contributed by atoms with Crippen LogP contribution in [0.5, 0.6) is 0 Å². The Morgan fingerprint density at radius 1 is 1.67 bits per heavy atom. The topological polar surface area (TPSA) is 43.4 Å². The standard InChI is InChI=1S/C5H10O3S/c1-5(2)4-8-9(3,6)7/h1,4H2,2-3H3. The van der Waals surface area contributed by atoms with Gasteiger partial charge in [-0.1, -0.05) is 12.2 Å². The summed E-state index contributed by atoms with van der Waals surface area (Å²) < 4.78 is 24.9. The molecule has 0 aromatic rings. The normalized spacial score (nSPS) is 11.3. The quantitative estimate of drug-likeness (QED) is 0.435. The third-order valence-electron chi connectivity index (χ3n) is 0.519. The summed E-state index contributed by atoms with van der Waals surface area (Å²) in [6.45, 7) is 5.25. The number of rotatable bonds is 3. The molecular formula is C5H10O3S. The molecule has 0 aliphatic heterocycles. The molecule has 0 rings (SSSR count). The van der Waals surface area contributed by atoms with Crippen molar-refractivity contribution in [1.29, 1.82) is 0 Å². The van der Waals surface area contributed by atoms with E-state index in [0.29, 0.717) is 5.57 Å². The summed E-state index contributed by atoms with van der Waals surface area (Å²) >= 11 is 0. The van der Waals surface area contributed by atoms with Gasteiger partial charge >= 0.3 is 0 Å². The van der Waals surface area contributed by atoms with E-state index in [4.69, 9.17) is 0 Å². The molecule has 0 aromatic carbocycles. The Balaban J connectivity index is 3.67. The first-order valence-corrected chi connectivity index (χ1v) is 4.22. The maximum atomic E-state index is 10.3. The molecule has 4 heteroatoms. The molecule has 0 radical (unpaired) electrons. The lowest BCUT2D eigenvalue weighted by Gasteiger charge is -1.97. The van der Waals surface area contributed by atoms with E-state index in [0.717, 1.165) is 6.26 Å². The molecule has 0 aromatic heterocycles. The molecule has 0 saturated heterocycles. The maximum absolute atomic E-state index is 10.3. The summed E-state index contributed by atoms with van der Waals surface area (Å²) in [6.07, 6.45) is 1.01. The fourth-order valence-electron chi connectivity index (χ4n) is 0.208.